The van der Waals surface area contributed by atoms with Gasteiger partial charge in [0.25, 0.3) is 0 Å². The number of hydrogen-bond acceptors (Lipinski definition) is 5. The molecule has 0 heterocycles. The summed E-state index contributed by atoms with van der Waals surface area (Å²) in [5, 5.41) is 13.7. The monoisotopic (exact) mass is 206 g/mol. The normalized spacial score (nSPS) is 9.43. The molecule has 7 nitrogen and oxygen atoms in total. The molecule has 0 rings (SSSR count). The zero-order valence-corrected chi connectivity index (χ0v) is 8.07. The third-order valence-electron chi connectivity index (χ3n) is 1.33. The van der Waals surface area contributed by atoms with Crippen LogP contribution in [0.3, 0.4) is 0 Å². The number of ether oxygens (including phenoxy) is 2. The van der Waals surface area contributed by atoms with Crippen molar-refractivity contribution in [1.82, 2.24) is 10.6 Å². The van der Waals surface area contributed by atoms with E-state index in [4.69, 9.17) is 0 Å². The maximum Gasteiger partial charge on any atom is 0.406 e. The van der Waals surface area contributed by atoms with Gasteiger partial charge in [0.05, 0.1) is 20.3 Å². The van der Waals surface area contributed by atoms with Gasteiger partial charge >= 0.3 is 12.2 Å². The second-order valence-corrected chi connectivity index (χ2v) is 2.40. The van der Waals surface area contributed by atoms with Crippen molar-refractivity contribution in [3.05, 3.63) is 0 Å². The Morgan fingerprint density at radius 1 is 1.14 bits per heavy atom. The van der Waals surface area contributed by atoms with Crippen LogP contribution in [0.5, 0.6) is 0 Å². The van der Waals surface area contributed by atoms with Crippen LogP contribution >= 0.6 is 0 Å². The molecule has 0 saturated carbocycles. The Balaban J connectivity index is 3.50. The van der Waals surface area contributed by atoms with Crippen LogP contribution < -0.4 is 10.6 Å². The molecule has 14 heavy (non-hydrogen) atoms. The summed E-state index contributed by atoms with van der Waals surface area (Å²) in [4.78, 5) is 21.1. The molecule has 0 aromatic heterocycles. The van der Waals surface area contributed by atoms with E-state index >= 15 is 0 Å². The van der Waals surface area contributed by atoms with Crippen LogP contribution in [-0.2, 0) is 9.47 Å². The van der Waals surface area contributed by atoms with E-state index in [9.17, 15) is 14.7 Å². The Labute approximate surface area is 81.4 Å². The number of methoxy groups -OCH3 is 2. The van der Waals surface area contributed by atoms with E-state index in [0.29, 0.717) is 0 Å². The van der Waals surface area contributed by atoms with Gasteiger partial charge in [-0.15, -0.1) is 0 Å². The van der Waals surface area contributed by atoms with Crippen molar-refractivity contribution in [2.75, 3.05) is 27.3 Å². The maximum atomic E-state index is 10.6. The van der Waals surface area contributed by atoms with Crippen LogP contribution in [0.25, 0.3) is 0 Å². The number of rotatable bonds is 4. The molecule has 0 radical (unpaired) electrons. The van der Waals surface area contributed by atoms with Gasteiger partial charge in [-0.3, -0.25) is 0 Å². The number of amides is 2. The van der Waals surface area contributed by atoms with E-state index < -0.39 is 18.3 Å². The number of aliphatic hydroxyl groups is 1. The number of nitrogens with one attached hydrogen (secondary N) is 2. The molecule has 0 spiro atoms. The van der Waals surface area contributed by atoms with Gasteiger partial charge in [-0.05, 0) is 0 Å². The van der Waals surface area contributed by atoms with Crippen LogP contribution in [0, 0.1) is 0 Å². The Morgan fingerprint density at radius 2 is 1.50 bits per heavy atom. The van der Waals surface area contributed by atoms with Gasteiger partial charge in [-0.25, -0.2) is 9.59 Å². The van der Waals surface area contributed by atoms with E-state index in [2.05, 4.69) is 20.1 Å². The van der Waals surface area contributed by atoms with Crippen molar-refractivity contribution in [2.24, 2.45) is 0 Å². The molecular formula is C7H14N2O5. The van der Waals surface area contributed by atoms with Gasteiger partial charge in [-0.1, -0.05) is 0 Å². The lowest BCUT2D eigenvalue weighted by Crippen LogP contribution is -2.39. The molecule has 82 valence electrons. The van der Waals surface area contributed by atoms with Crippen molar-refractivity contribution in [3.63, 3.8) is 0 Å². The molecule has 0 atom stereocenters. The lowest BCUT2D eigenvalue weighted by molar-refractivity contribution is 0.136. The van der Waals surface area contributed by atoms with Crippen LogP contribution in [-0.4, -0.2) is 50.7 Å². The summed E-state index contributed by atoms with van der Waals surface area (Å²) < 4.78 is 8.55. The number of aliphatic hydroxyl groups excluding tert-OH is 1. The number of alkyl carbamates (subject to hydrolysis) is 2. The van der Waals surface area contributed by atoms with Crippen LogP contribution in [0.1, 0.15) is 0 Å². The van der Waals surface area contributed by atoms with Gasteiger partial charge in [0.2, 0.25) is 0 Å². The molecule has 0 aromatic carbocycles. The van der Waals surface area contributed by atoms with Crippen molar-refractivity contribution in [2.45, 2.75) is 6.10 Å². The van der Waals surface area contributed by atoms with Crippen molar-refractivity contribution < 1.29 is 24.2 Å². The Kier molecular flexibility index (Phi) is 6.21. The average molecular weight is 206 g/mol. The Hall–Kier alpha value is -1.50. The number of hydrogen-bond donors (Lipinski definition) is 3. The molecule has 0 unspecified atom stereocenters. The summed E-state index contributed by atoms with van der Waals surface area (Å²) in [5.74, 6) is 0. The molecule has 3 N–H and O–H groups in total. The summed E-state index contributed by atoms with van der Waals surface area (Å²) >= 11 is 0. The summed E-state index contributed by atoms with van der Waals surface area (Å²) in [7, 11) is 2.43. The molecular weight excluding hydrogens is 192 g/mol. The fourth-order valence-corrected chi connectivity index (χ4v) is 0.619. The highest BCUT2D eigenvalue weighted by Crippen LogP contribution is 1.80. The highest BCUT2D eigenvalue weighted by atomic mass is 16.5. The smallest absolute Gasteiger partial charge is 0.406 e. The molecule has 0 bridgehead atoms. The molecule has 0 aliphatic heterocycles. The molecule has 0 aromatic rings. The highest BCUT2D eigenvalue weighted by Gasteiger charge is 2.08. The minimum Gasteiger partial charge on any atom is -0.453 e. The summed E-state index contributed by atoms with van der Waals surface area (Å²) in [6.45, 7) is -0.00661. The summed E-state index contributed by atoms with van der Waals surface area (Å²) in [6.07, 6.45) is -2.16. The van der Waals surface area contributed by atoms with E-state index in [0.717, 1.165) is 0 Å². The van der Waals surface area contributed by atoms with Gasteiger partial charge in [0.15, 0.2) is 0 Å². The largest absolute Gasteiger partial charge is 0.453 e. The summed E-state index contributed by atoms with van der Waals surface area (Å²) in [5.41, 5.74) is 0. The van der Waals surface area contributed by atoms with Crippen molar-refractivity contribution in [1.29, 1.82) is 0 Å². The van der Waals surface area contributed by atoms with E-state index in [1.54, 1.807) is 0 Å². The zero-order valence-electron chi connectivity index (χ0n) is 8.07. The molecule has 0 aliphatic rings. The summed E-state index contributed by atoms with van der Waals surface area (Å²) in [6, 6.07) is 0. The first kappa shape index (κ1) is 12.5. The first-order chi connectivity index (χ1) is 6.60. The zero-order chi connectivity index (χ0) is 11.0. The Morgan fingerprint density at radius 3 is 1.79 bits per heavy atom. The quantitative estimate of drug-likeness (QED) is 0.551. The van der Waals surface area contributed by atoms with Crippen LogP contribution in [0.15, 0.2) is 0 Å². The van der Waals surface area contributed by atoms with E-state index in [-0.39, 0.29) is 13.1 Å². The molecule has 0 aliphatic carbocycles. The molecule has 2 amide bonds. The first-order valence-corrected chi connectivity index (χ1v) is 3.91. The minimum absolute atomic E-state index is 0.00331. The van der Waals surface area contributed by atoms with Crippen LogP contribution in [0.2, 0.25) is 0 Å². The minimum atomic E-state index is -0.881. The lowest BCUT2D eigenvalue weighted by Gasteiger charge is -2.11. The topological polar surface area (TPSA) is 96.9 Å². The van der Waals surface area contributed by atoms with Gasteiger partial charge in [0.1, 0.15) is 0 Å². The SMILES string of the molecule is COC(=O)NCC(O)CNC(=O)OC. The predicted molar refractivity (Wildman–Crippen MR) is 46.8 cm³/mol. The molecule has 7 heteroatoms. The van der Waals surface area contributed by atoms with E-state index in [1.807, 2.05) is 0 Å². The number of carbonyl (C=O) groups excluding carboxylic acids is 2. The van der Waals surface area contributed by atoms with Crippen molar-refractivity contribution in [3.8, 4) is 0 Å². The Bertz CT molecular complexity index is 177. The van der Waals surface area contributed by atoms with Crippen molar-refractivity contribution >= 4 is 12.2 Å². The number of carbonyl (C=O) groups is 2. The predicted octanol–water partition coefficient (Wildman–Crippen LogP) is -0.941. The highest BCUT2D eigenvalue weighted by molar-refractivity contribution is 5.67. The third-order valence-corrected chi connectivity index (χ3v) is 1.33. The van der Waals surface area contributed by atoms with E-state index in [1.165, 1.54) is 14.2 Å². The molecule has 0 saturated heterocycles. The third kappa shape index (κ3) is 6.06. The van der Waals surface area contributed by atoms with Gasteiger partial charge in [-0.2, -0.15) is 0 Å². The van der Waals surface area contributed by atoms with Gasteiger partial charge in [0, 0.05) is 13.1 Å². The fourth-order valence-electron chi connectivity index (χ4n) is 0.619. The first-order valence-electron chi connectivity index (χ1n) is 3.91. The lowest BCUT2D eigenvalue weighted by atomic mass is 10.3. The van der Waals surface area contributed by atoms with Crippen LogP contribution in [0.4, 0.5) is 9.59 Å². The van der Waals surface area contributed by atoms with Gasteiger partial charge < -0.3 is 25.2 Å². The fraction of sp³-hybridized carbons (Fsp3) is 0.714. The average Bonchev–Trinajstić information content (AvgIpc) is 2.22. The second-order valence-electron chi connectivity index (χ2n) is 2.40. The standard InChI is InChI=1S/C7H14N2O5/c1-13-6(11)8-3-5(10)4-9-7(12)14-2/h5,10H,3-4H2,1-2H3,(H,8,11)(H,9,12). The second kappa shape index (κ2) is 6.96. The maximum absolute atomic E-state index is 10.6. The molecule has 0 fully saturated rings.